The Hall–Kier alpha value is -1.64. The molecule has 2 unspecified atom stereocenters. The quantitative estimate of drug-likeness (QED) is 0.844. The van der Waals surface area contributed by atoms with Crippen LogP contribution in [0.2, 0.25) is 0 Å². The number of carbonyl (C=O) groups is 1. The molecule has 2 aliphatic rings. The van der Waals surface area contributed by atoms with Gasteiger partial charge in [-0.25, -0.2) is 0 Å². The average molecular weight is 254 g/mol. The van der Waals surface area contributed by atoms with Gasteiger partial charge >= 0.3 is 0 Å². The van der Waals surface area contributed by atoms with Gasteiger partial charge in [-0.3, -0.25) is 9.48 Å². The SMILES string of the molecule is Cn1nc(CC(=O)C2C3CCCC32)c2ccccc21. The van der Waals surface area contributed by atoms with Crippen molar-refractivity contribution in [3.63, 3.8) is 0 Å². The van der Waals surface area contributed by atoms with Gasteiger partial charge in [-0.05, 0) is 30.7 Å². The molecule has 1 aromatic heterocycles. The molecular weight excluding hydrogens is 236 g/mol. The van der Waals surface area contributed by atoms with Crippen LogP contribution < -0.4 is 0 Å². The first kappa shape index (κ1) is 11.2. The lowest BCUT2D eigenvalue weighted by atomic mass is 10.0. The van der Waals surface area contributed by atoms with Crippen molar-refractivity contribution in [2.45, 2.75) is 25.7 Å². The molecule has 0 N–H and O–H groups in total. The molecule has 3 heteroatoms. The molecule has 4 rings (SSSR count). The molecule has 0 spiro atoms. The molecule has 2 aliphatic carbocycles. The van der Waals surface area contributed by atoms with Gasteiger partial charge in [0.2, 0.25) is 0 Å². The molecule has 98 valence electrons. The maximum atomic E-state index is 12.4. The topological polar surface area (TPSA) is 34.9 Å². The van der Waals surface area contributed by atoms with Crippen molar-refractivity contribution >= 4 is 16.7 Å². The Labute approximate surface area is 112 Å². The lowest BCUT2D eigenvalue weighted by Crippen LogP contribution is -2.10. The van der Waals surface area contributed by atoms with Crippen LogP contribution in [0.4, 0.5) is 0 Å². The van der Waals surface area contributed by atoms with Gasteiger partial charge in [0.1, 0.15) is 5.78 Å². The summed E-state index contributed by atoms with van der Waals surface area (Å²) < 4.78 is 1.88. The molecule has 2 aromatic rings. The Kier molecular flexibility index (Phi) is 2.32. The van der Waals surface area contributed by atoms with E-state index in [-0.39, 0.29) is 0 Å². The Bertz CT molecular complexity index is 648. The lowest BCUT2D eigenvalue weighted by Gasteiger charge is -2.01. The second-order valence-electron chi connectivity index (χ2n) is 6.01. The third-order valence-electron chi connectivity index (χ3n) is 4.95. The van der Waals surface area contributed by atoms with Crippen molar-refractivity contribution in [1.29, 1.82) is 0 Å². The van der Waals surface area contributed by atoms with Gasteiger partial charge < -0.3 is 0 Å². The summed E-state index contributed by atoms with van der Waals surface area (Å²) in [6.45, 7) is 0. The van der Waals surface area contributed by atoms with E-state index in [9.17, 15) is 4.79 Å². The summed E-state index contributed by atoms with van der Waals surface area (Å²) >= 11 is 0. The van der Waals surface area contributed by atoms with Gasteiger partial charge in [-0.15, -0.1) is 0 Å². The fourth-order valence-electron chi connectivity index (χ4n) is 4.00. The van der Waals surface area contributed by atoms with E-state index in [1.54, 1.807) is 0 Å². The van der Waals surface area contributed by atoms with Crippen molar-refractivity contribution in [3.05, 3.63) is 30.0 Å². The van der Waals surface area contributed by atoms with Crippen LogP contribution in [0, 0.1) is 17.8 Å². The molecule has 0 bridgehead atoms. The van der Waals surface area contributed by atoms with Gasteiger partial charge in [0.25, 0.3) is 0 Å². The highest BCUT2D eigenvalue weighted by Crippen LogP contribution is 2.58. The van der Waals surface area contributed by atoms with Gasteiger partial charge in [-0.1, -0.05) is 24.6 Å². The summed E-state index contributed by atoms with van der Waals surface area (Å²) in [6.07, 6.45) is 4.37. The van der Waals surface area contributed by atoms with Gasteiger partial charge in [0.15, 0.2) is 0 Å². The molecule has 2 fully saturated rings. The van der Waals surface area contributed by atoms with Crippen LogP contribution in [0.3, 0.4) is 0 Å². The number of ketones is 1. The van der Waals surface area contributed by atoms with Crippen LogP contribution in [-0.2, 0) is 18.3 Å². The van der Waals surface area contributed by atoms with Crippen molar-refractivity contribution in [2.24, 2.45) is 24.8 Å². The van der Waals surface area contributed by atoms with Gasteiger partial charge in [0.05, 0.1) is 17.6 Å². The first-order valence-corrected chi connectivity index (χ1v) is 7.19. The number of rotatable bonds is 3. The molecule has 0 radical (unpaired) electrons. The molecule has 2 saturated carbocycles. The molecule has 0 aliphatic heterocycles. The second-order valence-corrected chi connectivity index (χ2v) is 6.01. The summed E-state index contributed by atoms with van der Waals surface area (Å²) in [7, 11) is 1.95. The molecule has 1 aromatic carbocycles. The zero-order chi connectivity index (χ0) is 13.0. The van der Waals surface area contributed by atoms with Crippen molar-refractivity contribution in [1.82, 2.24) is 9.78 Å². The summed E-state index contributed by atoms with van der Waals surface area (Å²) in [6, 6.07) is 8.16. The number of aryl methyl sites for hydroxylation is 1. The Morgan fingerprint density at radius 1 is 1.32 bits per heavy atom. The Morgan fingerprint density at radius 2 is 2.05 bits per heavy atom. The maximum Gasteiger partial charge on any atom is 0.142 e. The third-order valence-corrected chi connectivity index (χ3v) is 4.95. The molecule has 2 atom stereocenters. The van der Waals surface area contributed by atoms with E-state index < -0.39 is 0 Å². The van der Waals surface area contributed by atoms with E-state index in [4.69, 9.17) is 0 Å². The summed E-state index contributed by atoms with van der Waals surface area (Å²) in [5.74, 6) is 2.19. The first-order chi connectivity index (χ1) is 9.25. The van der Waals surface area contributed by atoms with Crippen LogP contribution in [0.5, 0.6) is 0 Å². The number of nitrogens with zero attached hydrogens (tertiary/aromatic N) is 2. The highest BCUT2D eigenvalue weighted by atomic mass is 16.1. The van der Waals surface area contributed by atoms with Crippen LogP contribution in [-0.4, -0.2) is 15.6 Å². The van der Waals surface area contributed by atoms with E-state index in [0.717, 1.165) is 16.6 Å². The molecule has 0 amide bonds. The Morgan fingerprint density at radius 3 is 2.84 bits per heavy atom. The minimum Gasteiger partial charge on any atom is -0.299 e. The predicted octanol–water partition coefficient (Wildman–Crippen LogP) is 2.73. The highest BCUT2D eigenvalue weighted by Gasteiger charge is 2.55. The minimum atomic E-state index is 0.356. The van der Waals surface area contributed by atoms with E-state index in [2.05, 4.69) is 17.2 Å². The molecule has 3 nitrogen and oxygen atoms in total. The monoisotopic (exact) mass is 254 g/mol. The summed E-state index contributed by atoms with van der Waals surface area (Å²) in [5.41, 5.74) is 2.06. The second kappa shape index (κ2) is 3.92. The van der Waals surface area contributed by atoms with E-state index >= 15 is 0 Å². The normalized spacial score (nSPS) is 28.6. The van der Waals surface area contributed by atoms with E-state index in [0.29, 0.717) is 30.0 Å². The largest absolute Gasteiger partial charge is 0.299 e. The van der Waals surface area contributed by atoms with Crippen LogP contribution >= 0.6 is 0 Å². The Balaban J connectivity index is 1.60. The van der Waals surface area contributed by atoms with Crippen LogP contribution in [0.1, 0.15) is 25.0 Å². The molecular formula is C16H18N2O. The smallest absolute Gasteiger partial charge is 0.142 e. The number of aromatic nitrogens is 2. The molecule has 0 saturated heterocycles. The van der Waals surface area contributed by atoms with Gasteiger partial charge in [0, 0.05) is 18.4 Å². The minimum absolute atomic E-state index is 0.356. The lowest BCUT2D eigenvalue weighted by molar-refractivity contribution is -0.120. The number of hydrogen-bond donors (Lipinski definition) is 0. The highest BCUT2D eigenvalue weighted by molar-refractivity contribution is 5.91. The standard InChI is InChI=1S/C16H18N2O/c1-18-14-8-3-2-5-12(14)13(17-18)9-15(19)16-10-6-4-7-11(10)16/h2-3,5,8,10-11,16H,4,6-7,9H2,1H3. The predicted molar refractivity (Wildman–Crippen MR) is 73.7 cm³/mol. The fourth-order valence-corrected chi connectivity index (χ4v) is 4.00. The van der Waals surface area contributed by atoms with Crippen LogP contribution in [0.25, 0.3) is 10.9 Å². The number of fused-ring (bicyclic) bond motifs is 2. The molecule has 1 heterocycles. The number of Topliss-reactive ketones (excluding diaryl/α,β-unsaturated/α-hetero) is 1. The number of benzene rings is 1. The van der Waals surface area contributed by atoms with Crippen molar-refractivity contribution in [2.75, 3.05) is 0 Å². The average Bonchev–Trinajstić information content (AvgIpc) is 2.77. The maximum absolute atomic E-state index is 12.4. The van der Waals surface area contributed by atoms with Crippen molar-refractivity contribution in [3.8, 4) is 0 Å². The summed E-state index contributed by atoms with van der Waals surface area (Å²) in [4.78, 5) is 12.4. The van der Waals surface area contributed by atoms with E-state index in [1.165, 1.54) is 19.3 Å². The molecule has 19 heavy (non-hydrogen) atoms. The number of para-hydroxylation sites is 1. The van der Waals surface area contributed by atoms with Gasteiger partial charge in [-0.2, -0.15) is 5.10 Å². The third kappa shape index (κ3) is 1.64. The number of hydrogen-bond acceptors (Lipinski definition) is 2. The summed E-state index contributed by atoms with van der Waals surface area (Å²) in [5, 5.41) is 5.66. The first-order valence-electron chi connectivity index (χ1n) is 7.19. The van der Waals surface area contributed by atoms with Crippen molar-refractivity contribution < 1.29 is 4.79 Å². The zero-order valence-electron chi connectivity index (χ0n) is 11.2. The fraction of sp³-hybridized carbons (Fsp3) is 0.500. The van der Waals surface area contributed by atoms with Crippen LogP contribution in [0.15, 0.2) is 24.3 Å². The number of carbonyl (C=O) groups excluding carboxylic acids is 1. The zero-order valence-corrected chi connectivity index (χ0v) is 11.2. The van der Waals surface area contributed by atoms with E-state index in [1.807, 2.05) is 23.9 Å².